The molecule has 2 aliphatic heterocycles. The van der Waals surface area contributed by atoms with Gasteiger partial charge < -0.3 is 21.1 Å². The third-order valence-corrected chi connectivity index (χ3v) is 10.3. The molecule has 41 heavy (non-hydrogen) atoms. The molecule has 0 spiro atoms. The van der Waals surface area contributed by atoms with Crippen LogP contribution in [0.1, 0.15) is 36.0 Å². The first-order valence-electron chi connectivity index (χ1n) is 13.5. The zero-order chi connectivity index (χ0) is 29.7. The number of nitrogens with one attached hydrogen (secondary N) is 2. The summed E-state index contributed by atoms with van der Waals surface area (Å²) in [5.41, 5.74) is 10.3. The fourth-order valence-corrected chi connectivity index (χ4v) is 7.68. The summed E-state index contributed by atoms with van der Waals surface area (Å²) in [5, 5.41) is 4.97. The Kier molecular flexibility index (Phi) is 9.90. The van der Waals surface area contributed by atoms with Gasteiger partial charge in [0.1, 0.15) is 10.3 Å². The number of carbonyl (C=O) groups excluding carboxylic acids is 2. The standard InChI is InChI=1S/C29H37N5O5S2/c1-18-8-11-22(20(3)16-18)33-29-24(27(35)31-12-15-39-4)25(30)26(40-29)28(36)32-21-10-9-19(2)23(17-21)41(37,38)34-13-6-5-7-14-34/h8-11,16-17,26H,5-7,12-15,30H2,1-4H3,(H,31,35)(H,32,36)/t26-/m0/s1. The van der Waals surface area contributed by atoms with Crippen LogP contribution >= 0.6 is 11.8 Å². The Balaban J connectivity index is 1.62. The van der Waals surface area contributed by atoms with Gasteiger partial charge in [0.25, 0.3) is 5.91 Å². The number of hydrogen-bond acceptors (Lipinski definition) is 8. The van der Waals surface area contributed by atoms with E-state index in [2.05, 4.69) is 10.6 Å². The number of piperidine rings is 1. The minimum absolute atomic E-state index is 0.0826. The van der Waals surface area contributed by atoms with Crippen LogP contribution < -0.4 is 16.4 Å². The number of aryl methyl sites for hydroxylation is 3. The number of thioether (sulfide) groups is 1. The number of hydrogen-bond donors (Lipinski definition) is 3. The number of aliphatic imine (C=N–C) groups is 1. The molecule has 2 amide bonds. The lowest BCUT2D eigenvalue weighted by Gasteiger charge is -2.26. The molecule has 1 atom stereocenters. The van der Waals surface area contributed by atoms with E-state index in [9.17, 15) is 18.0 Å². The summed E-state index contributed by atoms with van der Waals surface area (Å²) in [6.07, 6.45) is 2.66. The Morgan fingerprint density at radius 3 is 2.49 bits per heavy atom. The maximum absolute atomic E-state index is 13.5. The van der Waals surface area contributed by atoms with E-state index in [4.69, 9.17) is 15.5 Å². The summed E-state index contributed by atoms with van der Waals surface area (Å²) < 4.78 is 33.2. The number of carbonyl (C=O) groups is 2. The molecule has 220 valence electrons. The topological polar surface area (TPSA) is 143 Å². The van der Waals surface area contributed by atoms with Crippen LogP contribution in [-0.2, 0) is 24.3 Å². The Labute approximate surface area is 245 Å². The number of ether oxygens (including phenoxy) is 1. The van der Waals surface area contributed by atoms with E-state index in [0.29, 0.717) is 41.7 Å². The summed E-state index contributed by atoms with van der Waals surface area (Å²) >= 11 is 1.09. The van der Waals surface area contributed by atoms with Crippen LogP contribution in [0.3, 0.4) is 0 Å². The third-order valence-electron chi connectivity index (χ3n) is 7.03. The van der Waals surface area contributed by atoms with Gasteiger partial charge in [-0.05, 0) is 62.9 Å². The fourth-order valence-electron chi connectivity index (χ4n) is 4.80. The van der Waals surface area contributed by atoms with E-state index >= 15 is 0 Å². The number of methoxy groups -OCH3 is 1. The number of sulfonamides is 1. The van der Waals surface area contributed by atoms with Crippen LogP contribution in [0.25, 0.3) is 0 Å². The predicted molar refractivity (Wildman–Crippen MR) is 163 cm³/mol. The van der Waals surface area contributed by atoms with Crippen LogP contribution in [0.2, 0.25) is 0 Å². The summed E-state index contributed by atoms with van der Waals surface area (Å²) in [6.45, 7) is 7.19. The Bertz CT molecular complexity index is 1500. The van der Waals surface area contributed by atoms with Crippen molar-refractivity contribution in [3.05, 3.63) is 64.4 Å². The molecule has 0 aliphatic carbocycles. The minimum Gasteiger partial charge on any atom is -0.400 e. The van der Waals surface area contributed by atoms with E-state index < -0.39 is 27.1 Å². The number of benzene rings is 2. The molecule has 0 saturated carbocycles. The predicted octanol–water partition coefficient (Wildman–Crippen LogP) is 3.55. The Morgan fingerprint density at radius 2 is 1.80 bits per heavy atom. The monoisotopic (exact) mass is 599 g/mol. The number of nitrogens with two attached hydrogens (primary N) is 1. The summed E-state index contributed by atoms with van der Waals surface area (Å²) in [5.74, 6) is -0.929. The van der Waals surface area contributed by atoms with E-state index in [0.717, 1.165) is 42.2 Å². The van der Waals surface area contributed by atoms with Crippen molar-refractivity contribution < 1.29 is 22.7 Å². The molecule has 4 N–H and O–H groups in total. The first-order chi connectivity index (χ1) is 19.5. The van der Waals surface area contributed by atoms with Gasteiger partial charge in [-0.15, -0.1) is 0 Å². The lowest BCUT2D eigenvalue weighted by molar-refractivity contribution is -0.117. The average Bonchev–Trinajstić information content (AvgIpc) is 3.27. The van der Waals surface area contributed by atoms with Crippen molar-refractivity contribution in [2.24, 2.45) is 10.7 Å². The molecule has 2 aromatic rings. The van der Waals surface area contributed by atoms with E-state index in [-0.39, 0.29) is 22.7 Å². The van der Waals surface area contributed by atoms with Gasteiger partial charge in [0.05, 0.1) is 22.8 Å². The molecule has 1 saturated heterocycles. The molecule has 2 heterocycles. The van der Waals surface area contributed by atoms with Crippen molar-refractivity contribution in [2.75, 3.05) is 38.7 Å². The molecule has 2 aliphatic rings. The molecular formula is C29H37N5O5S2. The van der Waals surface area contributed by atoms with Crippen molar-refractivity contribution in [2.45, 2.75) is 50.2 Å². The zero-order valence-electron chi connectivity index (χ0n) is 23.8. The van der Waals surface area contributed by atoms with Crippen LogP contribution in [0.5, 0.6) is 0 Å². The van der Waals surface area contributed by atoms with Crippen molar-refractivity contribution in [3.63, 3.8) is 0 Å². The van der Waals surface area contributed by atoms with Crippen LogP contribution in [0.4, 0.5) is 11.4 Å². The van der Waals surface area contributed by atoms with Crippen molar-refractivity contribution in [1.29, 1.82) is 0 Å². The van der Waals surface area contributed by atoms with E-state index in [1.165, 1.54) is 17.5 Å². The second kappa shape index (κ2) is 13.2. The molecule has 0 radical (unpaired) electrons. The maximum Gasteiger partial charge on any atom is 0.255 e. The van der Waals surface area contributed by atoms with Crippen molar-refractivity contribution in [3.8, 4) is 0 Å². The molecule has 0 unspecified atom stereocenters. The van der Waals surface area contributed by atoms with Crippen LogP contribution in [0, 0.1) is 20.8 Å². The van der Waals surface area contributed by atoms with Crippen LogP contribution in [0.15, 0.2) is 57.6 Å². The first-order valence-corrected chi connectivity index (χ1v) is 15.9. The van der Waals surface area contributed by atoms with Gasteiger partial charge in [-0.1, -0.05) is 41.9 Å². The quantitative estimate of drug-likeness (QED) is 0.374. The highest BCUT2D eigenvalue weighted by molar-refractivity contribution is 8.16. The Morgan fingerprint density at radius 1 is 1.07 bits per heavy atom. The van der Waals surface area contributed by atoms with Crippen molar-refractivity contribution in [1.82, 2.24) is 9.62 Å². The number of nitrogens with zero attached hydrogens (tertiary/aromatic N) is 2. The van der Waals surface area contributed by atoms with Gasteiger partial charge in [-0.25, -0.2) is 13.4 Å². The van der Waals surface area contributed by atoms with Gasteiger partial charge in [0.15, 0.2) is 0 Å². The summed E-state index contributed by atoms with van der Waals surface area (Å²) in [4.78, 5) is 31.5. The third kappa shape index (κ3) is 7.00. The van der Waals surface area contributed by atoms with Gasteiger partial charge in [0, 0.05) is 38.1 Å². The van der Waals surface area contributed by atoms with Crippen LogP contribution in [-0.4, -0.2) is 68.2 Å². The van der Waals surface area contributed by atoms with Crippen molar-refractivity contribution >= 4 is 50.0 Å². The molecule has 12 heteroatoms. The number of amides is 2. The number of rotatable bonds is 9. The molecular weight excluding hydrogens is 562 g/mol. The van der Waals surface area contributed by atoms with Gasteiger partial charge in [0.2, 0.25) is 15.9 Å². The minimum atomic E-state index is -3.70. The number of anilines is 1. The van der Waals surface area contributed by atoms with E-state index in [1.807, 2.05) is 32.0 Å². The van der Waals surface area contributed by atoms with E-state index in [1.54, 1.807) is 19.1 Å². The second-order valence-corrected chi connectivity index (χ2v) is 13.2. The fraction of sp³-hybridized carbons (Fsp3) is 0.414. The molecule has 0 aromatic heterocycles. The molecule has 1 fully saturated rings. The highest BCUT2D eigenvalue weighted by atomic mass is 32.2. The largest absolute Gasteiger partial charge is 0.400 e. The van der Waals surface area contributed by atoms with Gasteiger partial charge in [-0.3, -0.25) is 9.59 Å². The second-order valence-electron chi connectivity index (χ2n) is 10.2. The highest BCUT2D eigenvalue weighted by Gasteiger charge is 2.38. The van der Waals surface area contributed by atoms with Gasteiger partial charge in [-0.2, -0.15) is 4.31 Å². The maximum atomic E-state index is 13.5. The average molecular weight is 600 g/mol. The lowest BCUT2D eigenvalue weighted by Crippen LogP contribution is -2.36. The first kappa shape index (κ1) is 30.8. The summed E-state index contributed by atoms with van der Waals surface area (Å²) in [6, 6.07) is 10.6. The highest BCUT2D eigenvalue weighted by Crippen LogP contribution is 2.36. The summed E-state index contributed by atoms with van der Waals surface area (Å²) in [7, 11) is -2.17. The molecule has 4 rings (SSSR count). The normalized spacial score (nSPS) is 19.0. The smallest absolute Gasteiger partial charge is 0.255 e. The molecule has 0 bridgehead atoms. The molecule has 10 nitrogen and oxygen atoms in total. The Hall–Kier alpha value is -3.19. The van der Waals surface area contributed by atoms with Gasteiger partial charge >= 0.3 is 0 Å². The lowest BCUT2D eigenvalue weighted by atomic mass is 10.1. The zero-order valence-corrected chi connectivity index (χ0v) is 25.5. The SMILES string of the molecule is COCCNC(=O)C1=C(N)[C@@H](C(=O)Nc2ccc(C)c(S(=O)(=O)N3CCCCC3)c2)SC1=Nc1ccc(C)cc1C. The molecule has 2 aromatic carbocycles.